The van der Waals surface area contributed by atoms with Gasteiger partial charge in [0.2, 0.25) is 0 Å². The average Bonchev–Trinajstić information content (AvgIpc) is 2.08. The minimum atomic E-state index is -4.62. The van der Waals surface area contributed by atoms with E-state index < -0.39 is 23.5 Å². The van der Waals surface area contributed by atoms with E-state index in [1.165, 1.54) is 6.07 Å². The molecule has 0 spiro atoms. The molecule has 1 aromatic carbocycles. The molecule has 2 nitrogen and oxygen atoms in total. The van der Waals surface area contributed by atoms with Crippen LogP contribution < -0.4 is 5.73 Å². The predicted octanol–water partition coefficient (Wildman–Crippen LogP) is 3.37. The second-order valence-corrected chi connectivity index (χ2v) is 4.17. The molecule has 7 heteroatoms. The number of nitrogens with two attached hydrogens (primary N) is 1. The Hall–Kier alpha value is -0.460. The summed E-state index contributed by atoms with van der Waals surface area (Å²) in [4.78, 5) is 0. The maximum absolute atomic E-state index is 12.3. The molecule has 0 fully saturated rings. The molecule has 1 aromatic rings. The summed E-state index contributed by atoms with van der Waals surface area (Å²) in [5.41, 5.74) is 4.49. The summed E-state index contributed by atoms with van der Waals surface area (Å²) in [6, 6.07) is 0.107. The molecule has 0 amide bonds. The zero-order chi connectivity index (χ0) is 11.8. The van der Waals surface area contributed by atoms with Crippen LogP contribution in [0.4, 0.5) is 13.2 Å². The van der Waals surface area contributed by atoms with Gasteiger partial charge < -0.3 is 10.8 Å². The molecule has 0 unspecified atom stereocenters. The van der Waals surface area contributed by atoms with Gasteiger partial charge in [-0.05, 0) is 12.1 Å². The van der Waals surface area contributed by atoms with Gasteiger partial charge in [-0.25, -0.2) is 0 Å². The molecule has 0 aliphatic rings. The third kappa shape index (κ3) is 2.76. The van der Waals surface area contributed by atoms with E-state index in [0.29, 0.717) is 4.47 Å². The highest BCUT2D eigenvalue weighted by molar-refractivity contribution is 9.10. The van der Waals surface area contributed by atoms with Crippen molar-refractivity contribution in [3.63, 3.8) is 0 Å². The molecule has 1 rings (SSSR count). The Kier molecular flexibility index (Phi) is 3.52. The molecule has 0 saturated carbocycles. The standard InChI is InChI=1S/C8H6BrClF3NO/c9-3-1-4(6(15)5(10)2-3)7(14)8(11,12)13/h1-2,7,15H,14H2/t7-/m0/s1. The second-order valence-electron chi connectivity index (χ2n) is 2.84. The van der Waals surface area contributed by atoms with E-state index in [0.717, 1.165) is 6.07 Å². The number of aromatic hydroxyl groups is 1. The highest BCUT2D eigenvalue weighted by atomic mass is 79.9. The second kappa shape index (κ2) is 4.19. The van der Waals surface area contributed by atoms with Crippen LogP contribution in [0.5, 0.6) is 5.75 Å². The first-order chi connectivity index (χ1) is 6.73. The predicted molar refractivity (Wildman–Crippen MR) is 53.8 cm³/mol. The van der Waals surface area contributed by atoms with Gasteiger partial charge in [-0.15, -0.1) is 0 Å². The van der Waals surface area contributed by atoms with Crippen molar-refractivity contribution in [3.8, 4) is 5.75 Å². The fourth-order valence-electron chi connectivity index (χ4n) is 0.999. The third-order valence-corrected chi connectivity index (χ3v) is 2.49. The summed E-state index contributed by atoms with van der Waals surface area (Å²) < 4.78 is 37.2. The van der Waals surface area contributed by atoms with Gasteiger partial charge in [-0.1, -0.05) is 27.5 Å². The van der Waals surface area contributed by atoms with Crippen molar-refractivity contribution in [1.29, 1.82) is 0 Å². The lowest BCUT2D eigenvalue weighted by atomic mass is 10.1. The first-order valence-corrected chi connectivity index (χ1v) is 4.90. The molecule has 15 heavy (non-hydrogen) atoms. The van der Waals surface area contributed by atoms with Gasteiger partial charge in [0, 0.05) is 10.0 Å². The Morgan fingerprint density at radius 2 is 1.93 bits per heavy atom. The van der Waals surface area contributed by atoms with E-state index in [9.17, 15) is 18.3 Å². The SMILES string of the molecule is N[C@@H](c1cc(Br)cc(Cl)c1O)C(F)(F)F. The smallest absolute Gasteiger partial charge is 0.407 e. The van der Waals surface area contributed by atoms with Crippen LogP contribution >= 0.6 is 27.5 Å². The summed E-state index contributed by atoms with van der Waals surface area (Å²) in [5, 5.41) is 9.14. The number of hydrogen-bond acceptors (Lipinski definition) is 2. The quantitative estimate of drug-likeness (QED) is 0.835. The number of benzene rings is 1. The summed E-state index contributed by atoms with van der Waals surface area (Å²) in [7, 11) is 0. The first kappa shape index (κ1) is 12.6. The highest BCUT2D eigenvalue weighted by Crippen LogP contribution is 2.39. The van der Waals surface area contributed by atoms with Crippen molar-refractivity contribution < 1.29 is 18.3 Å². The van der Waals surface area contributed by atoms with Crippen LogP contribution in [0.25, 0.3) is 0 Å². The largest absolute Gasteiger partial charge is 0.506 e. The number of phenols is 1. The van der Waals surface area contributed by atoms with Crippen molar-refractivity contribution in [1.82, 2.24) is 0 Å². The van der Waals surface area contributed by atoms with Crippen molar-refractivity contribution in [2.75, 3.05) is 0 Å². The van der Waals surface area contributed by atoms with Gasteiger partial charge in [-0.2, -0.15) is 13.2 Å². The highest BCUT2D eigenvalue weighted by Gasteiger charge is 2.39. The van der Waals surface area contributed by atoms with Gasteiger partial charge in [0.05, 0.1) is 5.02 Å². The maximum atomic E-state index is 12.3. The van der Waals surface area contributed by atoms with E-state index in [1.54, 1.807) is 0 Å². The number of hydrogen-bond donors (Lipinski definition) is 2. The molecule has 84 valence electrons. The zero-order valence-corrected chi connectivity index (χ0v) is 9.49. The summed E-state index contributed by atoms with van der Waals surface area (Å²) in [5.74, 6) is -0.648. The van der Waals surface area contributed by atoms with E-state index in [2.05, 4.69) is 15.9 Å². The summed E-state index contributed by atoms with van der Waals surface area (Å²) in [6.07, 6.45) is -4.62. The van der Waals surface area contributed by atoms with Crippen LogP contribution in [-0.4, -0.2) is 11.3 Å². The van der Waals surface area contributed by atoms with Crippen LogP contribution in [0, 0.1) is 0 Å². The van der Waals surface area contributed by atoms with Gasteiger partial charge in [0.1, 0.15) is 11.8 Å². The molecule has 0 radical (unpaired) electrons. The van der Waals surface area contributed by atoms with Crippen LogP contribution in [0.1, 0.15) is 11.6 Å². The molecule has 0 heterocycles. The Labute approximate surface area is 97.0 Å². The van der Waals surface area contributed by atoms with Crippen LogP contribution in [-0.2, 0) is 0 Å². The molecule has 0 aromatic heterocycles. The van der Waals surface area contributed by atoms with Gasteiger partial charge in [0.15, 0.2) is 0 Å². The van der Waals surface area contributed by atoms with E-state index in [1.807, 2.05) is 0 Å². The molecule has 0 aliphatic carbocycles. The minimum absolute atomic E-state index is 0.181. The molecule has 0 bridgehead atoms. The Morgan fingerprint density at radius 1 is 1.40 bits per heavy atom. The van der Waals surface area contributed by atoms with Crippen molar-refractivity contribution in [2.45, 2.75) is 12.2 Å². The molecular formula is C8H6BrClF3NO. The number of rotatable bonds is 1. The van der Waals surface area contributed by atoms with Crippen molar-refractivity contribution in [2.24, 2.45) is 5.73 Å². The third-order valence-electron chi connectivity index (χ3n) is 1.75. The lowest BCUT2D eigenvalue weighted by Crippen LogP contribution is -2.28. The van der Waals surface area contributed by atoms with E-state index in [4.69, 9.17) is 17.3 Å². The first-order valence-electron chi connectivity index (χ1n) is 3.73. The lowest BCUT2D eigenvalue weighted by molar-refractivity contribution is -0.149. The van der Waals surface area contributed by atoms with Gasteiger partial charge in [-0.3, -0.25) is 0 Å². The molecular weight excluding hydrogens is 298 g/mol. The molecule has 1 atom stereocenters. The van der Waals surface area contributed by atoms with Crippen molar-refractivity contribution in [3.05, 3.63) is 27.2 Å². The number of alkyl halides is 3. The monoisotopic (exact) mass is 303 g/mol. The fraction of sp³-hybridized carbons (Fsp3) is 0.250. The number of phenolic OH excluding ortho intramolecular Hbond substituents is 1. The van der Waals surface area contributed by atoms with Crippen LogP contribution in [0.2, 0.25) is 5.02 Å². The Morgan fingerprint density at radius 3 is 2.40 bits per heavy atom. The molecule has 0 aliphatic heterocycles. The normalized spacial score (nSPS) is 14.0. The summed E-state index contributed by atoms with van der Waals surface area (Å²) in [6.45, 7) is 0. The fourth-order valence-corrected chi connectivity index (χ4v) is 1.83. The topological polar surface area (TPSA) is 46.2 Å². The minimum Gasteiger partial charge on any atom is -0.506 e. The maximum Gasteiger partial charge on any atom is 0.407 e. The molecule has 0 saturated heterocycles. The van der Waals surface area contributed by atoms with Crippen LogP contribution in [0.15, 0.2) is 16.6 Å². The van der Waals surface area contributed by atoms with Crippen LogP contribution in [0.3, 0.4) is 0 Å². The number of halogens is 5. The van der Waals surface area contributed by atoms with Crippen molar-refractivity contribution >= 4 is 27.5 Å². The van der Waals surface area contributed by atoms with E-state index in [-0.39, 0.29) is 5.02 Å². The van der Waals surface area contributed by atoms with Gasteiger partial charge >= 0.3 is 6.18 Å². The van der Waals surface area contributed by atoms with Gasteiger partial charge in [0.25, 0.3) is 0 Å². The average molecular weight is 304 g/mol. The Bertz CT molecular complexity index is 383. The molecule has 3 N–H and O–H groups in total. The summed E-state index contributed by atoms with van der Waals surface area (Å²) >= 11 is 8.47. The lowest BCUT2D eigenvalue weighted by Gasteiger charge is -2.17. The van der Waals surface area contributed by atoms with E-state index >= 15 is 0 Å². The zero-order valence-electron chi connectivity index (χ0n) is 7.15. The Balaban J connectivity index is 3.25.